The van der Waals surface area contributed by atoms with E-state index < -0.39 is 12.1 Å². The van der Waals surface area contributed by atoms with Crippen molar-refractivity contribution in [3.05, 3.63) is 12.2 Å². The van der Waals surface area contributed by atoms with Crippen LogP contribution in [-0.4, -0.2) is 47.4 Å². The summed E-state index contributed by atoms with van der Waals surface area (Å²) in [7, 11) is 0. The SMILES string of the molecule is CCCCCCCCCCCCCCCCCCCCCC(O)C(CO)NC(=O)CCCCCCCCCCCCCC/C=C\CCCCCCCCCCCCCCOC(=O)CCCCCCCCCCCCCC. The van der Waals surface area contributed by atoms with E-state index in [9.17, 15) is 19.8 Å². The Bertz CT molecular complexity index is 1140. The van der Waals surface area contributed by atoms with E-state index in [1.807, 2.05) is 0 Å². The molecule has 0 saturated heterocycles. The number of unbranched alkanes of at least 4 members (excludes halogenated alkanes) is 53. The first-order chi connectivity index (χ1) is 37.5. The van der Waals surface area contributed by atoms with E-state index in [0.717, 1.165) is 38.5 Å². The molecule has 2 unspecified atom stereocenters. The average Bonchev–Trinajstić information content (AvgIpc) is 3.42. The molecule has 0 spiro atoms. The molecule has 76 heavy (non-hydrogen) atoms. The van der Waals surface area contributed by atoms with E-state index >= 15 is 0 Å². The van der Waals surface area contributed by atoms with Gasteiger partial charge in [-0.25, -0.2) is 0 Å². The maximum absolute atomic E-state index is 12.5. The Balaban J connectivity index is 3.37. The van der Waals surface area contributed by atoms with Crippen molar-refractivity contribution in [2.45, 2.75) is 411 Å². The second-order valence-corrected chi connectivity index (χ2v) is 24.2. The highest BCUT2D eigenvalue weighted by molar-refractivity contribution is 5.76. The lowest BCUT2D eigenvalue weighted by molar-refractivity contribution is -0.143. The predicted molar refractivity (Wildman–Crippen MR) is 333 cm³/mol. The third-order valence-electron chi connectivity index (χ3n) is 16.6. The number of carbonyl (C=O) groups excluding carboxylic acids is 2. The van der Waals surface area contributed by atoms with Crippen LogP contribution in [0.1, 0.15) is 399 Å². The van der Waals surface area contributed by atoms with Gasteiger partial charge in [-0.2, -0.15) is 0 Å². The van der Waals surface area contributed by atoms with Crippen LogP contribution < -0.4 is 5.32 Å². The highest BCUT2D eigenvalue weighted by Gasteiger charge is 2.20. The monoisotopic (exact) mass is 1070 g/mol. The van der Waals surface area contributed by atoms with Gasteiger partial charge in [0.05, 0.1) is 25.4 Å². The average molecular weight is 1070 g/mol. The summed E-state index contributed by atoms with van der Waals surface area (Å²) >= 11 is 0. The number of hydrogen-bond acceptors (Lipinski definition) is 5. The Morgan fingerprint density at radius 1 is 0.355 bits per heavy atom. The number of allylic oxidation sites excluding steroid dienone is 2. The molecule has 6 heteroatoms. The summed E-state index contributed by atoms with van der Waals surface area (Å²) in [5.41, 5.74) is 0. The Labute approximate surface area is 476 Å². The van der Waals surface area contributed by atoms with E-state index in [1.165, 1.54) is 327 Å². The van der Waals surface area contributed by atoms with Crippen molar-refractivity contribution in [3.8, 4) is 0 Å². The fraction of sp³-hybridized carbons (Fsp3) is 0.943. The van der Waals surface area contributed by atoms with Gasteiger partial charge >= 0.3 is 5.97 Å². The molecular weight excluding hydrogens is 935 g/mol. The second-order valence-electron chi connectivity index (χ2n) is 24.2. The zero-order valence-electron chi connectivity index (χ0n) is 51.8. The zero-order valence-corrected chi connectivity index (χ0v) is 51.8. The highest BCUT2D eigenvalue weighted by atomic mass is 16.5. The lowest BCUT2D eigenvalue weighted by Gasteiger charge is -2.22. The minimum Gasteiger partial charge on any atom is -0.466 e. The van der Waals surface area contributed by atoms with Crippen molar-refractivity contribution in [2.24, 2.45) is 0 Å². The first kappa shape index (κ1) is 74.6. The molecule has 0 aliphatic rings. The van der Waals surface area contributed by atoms with E-state index in [2.05, 4.69) is 31.3 Å². The van der Waals surface area contributed by atoms with Gasteiger partial charge in [-0.1, -0.05) is 347 Å². The van der Waals surface area contributed by atoms with Crippen molar-refractivity contribution in [3.63, 3.8) is 0 Å². The topological polar surface area (TPSA) is 95.9 Å². The van der Waals surface area contributed by atoms with Crippen LogP contribution >= 0.6 is 0 Å². The number of ether oxygens (including phenoxy) is 1. The molecule has 1 amide bonds. The molecule has 0 fully saturated rings. The lowest BCUT2D eigenvalue weighted by atomic mass is 10.0. The fourth-order valence-corrected chi connectivity index (χ4v) is 11.2. The molecule has 0 rings (SSSR count). The van der Waals surface area contributed by atoms with Crippen LogP contribution in [0, 0.1) is 0 Å². The minimum atomic E-state index is -0.664. The van der Waals surface area contributed by atoms with Gasteiger partial charge < -0.3 is 20.3 Å². The fourth-order valence-electron chi connectivity index (χ4n) is 11.2. The highest BCUT2D eigenvalue weighted by Crippen LogP contribution is 2.19. The first-order valence-electron chi connectivity index (χ1n) is 34.9. The van der Waals surface area contributed by atoms with Crippen LogP contribution in [-0.2, 0) is 14.3 Å². The van der Waals surface area contributed by atoms with Crippen molar-refractivity contribution < 1.29 is 24.5 Å². The number of nitrogens with one attached hydrogen (secondary N) is 1. The van der Waals surface area contributed by atoms with Crippen LogP contribution in [0.15, 0.2) is 12.2 Å². The Kier molecular flexibility index (Phi) is 64.9. The molecule has 0 radical (unpaired) electrons. The third kappa shape index (κ3) is 61.8. The van der Waals surface area contributed by atoms with Crippen LogP contribution in [0.4, 0.5) is 0 Å². The number of amides is 1. The number of carbonyl (C=O) groups is 2. The minimum absolute atomic E-state index is 0.0174. The van der Waals surface area contributed by atoms with Gasteiger partial charge in [0, 0.05) is 12.8 Å². The Morgan fingerprint density at radius 3 is 0.934 bits per heavy atom. The quantitative estimate of drug-likeness (QED) is 0.0320. The van der Waals surface area contributed by atoms with E-state index in [1.54, 1.807) is 0 Å². The summed E-state index contributed by atoms with van der Waals surface area (Å²) in [6, 6.07) is -0.541. The second kappa shape index (κ2) is 66.1. The normalized spacial score (nSPS) is 12.5. The van der Waals surface area contributed by atoms with Crippen molar-refractivity contribution in [1.29, 1.82) is 0 Å². The molecule has 0 heterocycles. The van der Waals surface area contributed by atoms with Gasteiger partial charge in [-0.15, -0.1) is 0 Å². The van der Waals surface area contributed by atoms with Crippen molar-refractivity contribution in [1.82, 2.24) is 5.32 Å². The molecule has 0 saturated carbocycles. The molecule has 6 nitrogen and oxygen atoms in total. The number of aliphatic hydroxyl groups is 2. The van der Waals surface area contributed by atoms with Gasteiger partial charge in [0.25, 0.3) is 0 Å². The molecule has 0 aromatic rings. The molecular formula is C70H137NO5. The molecule has 0 aromatic carbocycles. The summed E-state index contributed by atoms with van der Waals surface area (Å²) in [5.74, 6) is -0.0130. The van der Waals surface area contributed by atoms with Crippen molar-refractivity contribution >= 4 is 11.9 Å². The van der Waals surface area contributed by atoms with Crippen LogP contribution in [0.2, 0.25) is 0 Å². The molecule has 2 atom stereocenters. The van der Waals surface area contributed by atoms with Gasteiger partial charge in [-0.05, 0) is 51.4 Å². The van der Waals surface area contributed by atoms with Gasteiger partial charge in [-0.3, -0.25) is 9.59 Å². The molecule has 0 bridgehead atoms. The Hall–Kier alpha value is -1.40. The van der Waals surface area contributed by atoms with E-state index in [-0.39, 0.29) is 18.5 Å². The summed E-state index contributed by atoms with van der Waals surface area (Å²) < 4.78 is 5.48. The number of esters is 1. The molecule has 452 valence electrons. The molecule has 3 N–H and O–H groups in total. The number of rotatable bonds is 66. The van der Waals surface area contributed by atoms with Gasteiger partial charge in [0.2, 0.25) is 5.91 Å². The number of hydrogen-bond donors (Lipinski definition) is 3. The van der Waals surface area contributed by atoms with Crippen LogP contribution in [0.3, 0.4) is 0 Å². The predicted octanol–water partition coefficient (Wildman–Crippen LogP) is 22.4. The lowest BCUT2D eigenvalue weighted by Crippen LogP contribution is -2.45. The van der Waals surface area contributed by atoms with Crippen LogP contribution in [0.5, 0.6) is 0 Å². The zero-order chi connectivity index (χ0) is 55.0. The van der Waals surface area contributed by atoms with Crippen molar-refractivity contribution in [2.75, 3.05) is 13.2 Å². The maximum atomic E-state index is 12.5. The summed E-state index contributed by atoms with van der Waals surface area (Å²) in [5, 5.41) is 23.4. The van der Waals surface area contributed by atoms with E-state index in [0.29, 0.717) is 25.9 Å². The van der Waals surface area contributed by atoms with E-state index in [4.69, 9.17) is 4.74 Å². The molecule has 0 aromatic heterocycles. The smallest absolute Gasteiger partial charge is 0.305 e. The largest absolute Gasteiger partial charge is 0.466 e. The third-order valence-corrected chi connectivity index (χ3v) is 16.6. The van der Waals surface area contributed by atoms with Crippen LogP contribution in [0.25, 0.3) is 0 Å². The first-order valence-corrected chi connectivity index (χ1v) is 34.9. The maximum Gasteiger partial charge on any atom is 0.305 e. The summed E-state index contributed by atoms with van der Waals surface area (Å²) in [6.45, 7) is 4.99. The van der Waals surface area contributed by atoms with Gasteiger partial charge in [0.15, 0.2) is 0 Å². The summed E-state index contributed by atoms with van der Waals surface area (Å²) in [6.07, 6.45) is 81.1. The molecule has 0 aliphatic heterocycles. The Morgan fingerprint density at radius 2 is 0.618 bits per heavy atom. The number of aliphatic hydroxyl groups excluding tert-OH is 2. The molecule has 0 aliphatic carbocycles. The standard InChI is InChI=1S/C70H137NO5/c1-3-5-7-9-11-13-15-17-18-19-30-33-36-39-42-46-50-54-58-62-68(73)67(66-72)71-69(74)63-59-55-51-47-43-40-37-34-31-28-26-24-22-20-21-23-25-27-29-32-35-38-41-45-49-53-57-61-65-76-70(75)64-60-56-52-48-44-16-14-12-10-8-6-4-2/h20-21,67-68,72-73H,3-19,22-66H2,1-2H3,(H,71,74)/b21-20-. The summed E-state index contributed by atoms with van der Waals surface area (Å²) in [4.78, 5) is 24.6. The van der Waals surface area contributed by atoms with Gasteiger partial charge in [0.1, 0.15) is 0 Å².